The van der Waals surface area contributed by atoms with Gasteiger partial charge in [0.2, 0.25) is 5.91 Å². The van der Waals surface area contributed by atoms with Crippen LogP contribution in [0.25, 0.3) is 0 Å². The van der Waals surface area contributed by atoms with Gasteiger partial charge < -0.3 is 10.6 Å². The Bertz CT molecular complexity index is 581. The van der Waals surface area contributed by atoms with Crippen molar-refractivity contribution in [2.45, 2.75) is 17.7 Å². The SMILES string of the molecule is O=C(CS(=O)(=O)c1ccc(Cl)cc1)NCCC1CCNC1. The number of hydrogen-bond acceptors (Lipinski definition) is 4. The van der Waals surface area contributed by atoms with Gasteiger partial charge in [-0.2, -0.15) is 0 Å². The van der Waals surface area contributed by atoms with Crippen LogP contribution >= 0.6 is 11.6 Å². The molecule has 0 bridgehead atoms. The van der Waals surface area contributed by atoms with Crippen LogP contribution in [0.2, 0.25) is 5.02 Å². The van der Waals surface area contributed by atoms with E-state index >= 15 is 0 Å². The van der Waals surface area contributed by atoms with Gasteiger partial charge in [-0.25, -0.2) is 8.42 Å². The van der Waals surface area contributed by atoms with Gasteiger partial charge in [-0.05, 0) is 56.1 Å². The molecule has 0 aliphatic carbocycles. The zero-order valence-electron chi connectivity index (χ0n) is 11.6. The number of hydrogen-bond donors (Lipinski definition) is 2. The molecule has 1 aliphatic rings. The minimum absolute atomic E-state index is 0.113. The van der Waals surface area contributed by atoms with Crippen molar-refractivity contribution in [2.24, 2.45) is 5.92 Å². The molecule has 1 fully saturated rings. The molecule has 21 heavy (non-hydrogen) atoms. The van der Waals surface area contributed by atoms with Gasteiger partial charge in [0.05, 0.1) is 4.90 Å². The number of sulfone groups is 1. The summed E-state index contributed by atoms with van der Waals surface area (Å²) in [7, 11) is -3.61. The van der Waals surface area contributed by atoms with E-state index in [1.54, 1.807) is 0 Å². The van der Waals surface area contributed by atoms with Crippen molar-refractivity contribution in [3.8, 4) is 0 Å². The van der Waals surface area contributed by atoms with Crippen molar-refractivity contribution in [3.63, 3.8) is 0 Å². The molecule has 1 amide bonds. The van der Waals surface area contributed by atoms with E-state index in [9.17, 15) is 13.2 Å². The molecule has 0 spiro atoms. The third-order valence-electron chi connectivity index (χ3n) is 3.53. The molecule has 0 radical (unpaired) electrons. The predicted molar refractivity (Wildman–Crippen MR) is 82.1 cm³/mol. The lowest BCUT2D eigenvalue weighted by Crippen LogP contribution is -2.32. The molecule has 1 aromatic rings. The summed E-state index contributed by atoms with van der Waals surface area (Å²) in [4.78, 5) is 11.9. The molecule has 116 valence electrons. The second-order valence-electron chi connectivity index (χ2n) is 5.21. The predicted octanol–water partition coefficient (Wildman–Crippen LogP) is 1.23. The molecular formula is C14H19ClN2O3S. The molecule has 1 saturated heterocycles. The maximum atomic E-state index is 12.1. The largest absolute Gasteiger partial charge is 0.355 e. The number of halogens is 1. The van der Waals surface area contributed by atoms with E-state index in [0.717, 1.165) is 25.9 Å². The molecular weight excluding hydrogens is 312 g/mol. The quantitative estimate of drug-likeness (QED) is 0.822. The fourth-order valence-electron chi connectivity index (χ4n) is 2.33. The van der Waals surface area contributed by atoms with Crippen LogP contribution in [0.5, 0.6) is 0 Å². The fraction of sp³-hybridized carbons (Fsp3) is 0.500. The lowest BCUT2D eigenvalue weighted by Gasteiger charge is -2.09. The van der Waals surface area contributed by atoms with Crippen LogP contribution in [0, 0.1) is 5.92 Å². The second-order valence-corrected chi connectivity index (χ2v) is 7.64. The lowest BCUT2D eigenvalue weighted by molar-refractivity contribution is -0.118. The van der Waals surface area contributed by atoms with E-state index < -0.39 is 21.5 Å². The van der Waals surface area contributed by atoms with Crippen molar-refractivity contribution in [1.29, 1.82) is 0 Å². The average Bonchev–Trinajstić information content (AvgIpc) is 2.92. The minimum atomic E-state index is -3.61. The standard InChI is InChI=1S/C14H19ClN2O3S/c15-12-1-3-13(4-2-12)21(19,20)10-14(18)17-8-6-11-5-7-16-9-11/h1-4,11,16H,5-10H2,(H,17,18). The summed E-state index contributed by atoms with van der Waals surface area (Å²) in [5, 5.41) is 6.39. The number of benzene rings is 1. The van der Waals surface area contributed by atoms with Gasteiger partial charge in [-0.1, -0.05) is 11.6 Å². The Hall–Kier alpha value is -1.11. The van der Waals surface area contributed by atoms with Gasteiger partial charge in [0.1, 0.15) is 5.75 Å². The highest BCUT2D eigenvalue weighted by Gasteiger charge is 2.20. The summed E-state index contributed by atoms with van der Waals surface area (Å²) < 4.78 is 24.1. The number of nitrogens with one attached hydrogen (secondary N) is 2. The van der Waals surface area contributed by atoms with Crippen molar-refractivity contribution < 1.29 is 13.2 Å². The molecule has 7 heteroatoms. The first kappa shape index (κ1) is 16.3. The molecule has 0 aromatic heterocycles. The molecule has 1 heterocycles. The minimum Gasteiger partial charge on any atom is -0.355 e. The van der Waals surface area contributed by atoms with Gasteiger partial charge in [0, 0.05) is 11.6 Å². The van der Waals surface area contributed by atoms with Gasteiger partial charge >= 0.3 is 0 Å². The summed E-state index contributed by atoms with van der Waals surface area (Å²) in [5.74, 6) is -0.425. The highest BCUT2D eigenvalue weighted by Crippen LogP contribution is 2.15. The average molecular weight is 331 g/mol. The topological polar surface area (TPSA) is 75.3 Å². The molecule has 1 aromatic carbocycles. The Kier molecular flexibility index (Phi) is 5.61. The smallest absolute Gasteiger partial charge is 0.235 e. The number of carbonyl (C=O) groups is 1. The van der Waals surface area contributed by atoms with E-state index in [0.29, 0.717) is 17.5 Å². The Morgan fingerprint density at radius 3 is 2.67 bits per heavy atom. The van der Waals surface area contributed by atoms with Gasteiger partial charge in [0.15, 0.2) is 9.84 Å². The molecule has 1 unspecified atom stereocenters. The maximum absolute atomic E-state index is 12.1. The van der Waals surface area contributed by atoms with Gasteiger partial charge in [0.25, 0.3) is 0 Å². The molecule has 0 saturated carbocycles. The first-order valence-corrected chi connectivity index (χ1v) is 8.96. The Morgan fingerprint density at radius 2 is 2.05 bits per heavy atom. The summed E-state index contributed by atoms with van der Waals surface area (Å²) >= 11 is 5.72. The summed E-state index contributed by atoms with van der Waals surface area (Å²) in [6.45, 7) is 2.50. The van der Waals surface area contributed by atoms with Crippen LogP contribution in [0.15, 0.2) is 29.2 Å². The molecule has 5 nitrogen and oxygen atoms in total. The number of rotatable bonds is 6. The van der Waals surface area contributed by atoms with E-state index in [-0.39, 0.29) is 4.90 Å². The zero-order chi connectivity index (χ0) is 15.3. The van der Waals surface area contributed by atoms with Crippen LogP contribution in [0.4, 0.5) is 0 Å². The third kappa shape index (κ3) is 4.98. The van der Waals surface area contributed by atoms with Crippen molar-refractivity contribution in [2.75, 3.05) is 25.4 Å². The van der Waals surface area contributed by atoms with Crippen LogP contribution < -0.4 is 10.6 Å². The highest BCUT2D eigenvalue weighted by molar-refractivity contribution is 7.92. The Balaban J connectivity index is 1.81. The summed E-state index contributed by atoms with van der Waals surface area (Å²) in [6, 6.07) is 5.82. The van der Waals surface area contributed by atoms with Crippen LogP contribution in [0.1, 0.15) is 12.8 Å². The summed E-state index contributed by atoms with van der Waals surface area (Å²) in [5.41, 5.74) is 0. The highest BCUT2D eigenvalue weighted by atomic mass is 35.5. The molecule has 1 atom stereocenters. The van der Waals surface area contributed by atoms with E-state index in [2.05, 4.69) is 10.6 Å². The first-order valence-electron chi connectivity index (χ1n) is 6.93. The van der Waals surface area contributed by atoms with Gasteiger partial charge in [-0.15, -0.1) is 0 Å². The van der Waals surface area contributed by atoms with Gasteiger partial charge in [-0.3, -0.25) is 4.79 Å². The van der Waals surface area contributed by atoms with E-state index in [1.807, 2.05) is 0 Å². The third-order valence-corrected chi connectivity index (χ3v) is 5.42. The van der Waals surface area contributed by atoms with Crippen LogP contribution in [0.3, 0.4) is 0 Å². The Labute approximate surface area is 130 Å². The molecule has 1 aliphatic heterocycles. The first-order chi connectivity index (χ1) is 9.97. The number of amides is 1. The van der Waals surface area contributed by atoms with Crippen molar-refractivity contribution >= 4 is 27.3 Å². The van der Waals surface area contributed by atoms with E-state index in [4.69, 9.17) is 11.6 Å². The number of carbonyl (C=O) groups excluding carboxylic acids is 1. The maximum Gasteiger partial charge on any atom is 0.235 e. The normalized spacial score (nSPS) is 18.6. The van der Waals surface area contributed by atoms with Crippen LogP contribution in [-0.2, 0) is 14.6 Å². The summed E-state index contributed by atoms with van der Waals surface area (Å²) in [6.07, 6.45) is 1.98. The molecule has 2 N–H and O–H groups in total. The van der Waals surface area contributed by atoms with E-state index in [1.165, 1.54) is 24.3 Å². The Morgan fingerprint density at radius 1 is 1.33 bits per heavy atom. The molecule has 2 rings (SSSR count). The van der Waals surface area contributed by atoms with Crippen molar-refractivity contribution in [1.82, 2.24) is 10.6 Å². The van der Waals surface area contributed by atoms with Crippen LogP contribution in [-0.4, -0.2) is 39.7 Å². The monoisotopic (exact) mass is 330 g/mol. The zero-order valence-corrected chi connectivity index (χ0v) is 13.2. The lowest BCUT2D eigenvalue weighted by atomic mass is 10.1. The second kappa shape index (κ2) is 7.24. The fourth-order valence-corrected chi connectivity index (χ4v) is 3.62. The van der Waals surface area contributed by atoms with Crippen molar-refractivity contribution in [3.05, 3.63) is 29.3 Å².